The molecule has 0 radical (unpaired) electrons. The summed E-state index contributed by atoms with van der Waals surface area (Å²) in [6.45, 7) is 15.4. The van der Waals surface area contributed by atoms with Gasteiger partial charge in [-0.05, 0) is 49.3 Å². The molecule has 0 amide bonds. The van der Waals surface area contributed by atoms with Crippen LogP contribution in [0.25, 0.3) is 0 Å². The average molecular weight is 320 g/mol. The summed E-state index contributed by atoms with van der Waals surface area (Å²) in [4.78, 5) is 23.7. The first-order valence-corrected chi connectivity index (χ1v) is 10.1. The summed E-state index contributed by atoms with van der Waals surface area (Å²) in [5.74, 6) is -0.460. The molecule has 0 saturated carbocycles. The molecule has 0 atom stereocenters. The van der Waals surface area contributed by atoms with Crippen LogP contribution in [0.2, 0.25) is 18.1 Å². The zero-order chi connectivity index (χ0) is 17.1. The predicted octanol–water partition coefficient (Wildman–Crippen LogP) is 4.33. The lowest BCUT2D eigenvalue weighted by Gasteiger charge is -2.35. The standard InChI is InChI=1S/C17H24O4Si/c1-12(2)15(18)20-14-10-8-13(9-11-14)16(19)21-22(6,7)17(3,4)5/h8-11H,1H2,2-7H3. The van der Waals surface area contributed by atoms with Gasteiger partial charge in [-0.3, -0.25) is 0 Å². The Morgan fingerprint density at radius 3 is 2.00 bits per heavy atom. The smallest absolute Gasteiger partial charge is 0.338 e. The third kappa shape index (κ3) is 4.56. The Morgan fingerprint density at radius 2 is 1.59 bits per heavy atom. The van der Waals surface area contributed by atoms with Gasteiger partial charge in [0.2, 0.25) is 0 Å². The van der Waals surface area contributed by atoms with Crippen molar-refractivity contribution in [2.45, 2.75) is 45.8 Å². The number of hydrogen-bond acceptors (Lipinski definition) is 4. The van der Waals surface area contributed by atoms with Gasteiger partial charge in [-0.2, -0.15) is 0 Å². The molecule has 0 aliphatic carbocycles. The SMILES string of the molecule is C=C(C)C(=O)Oc1ccc(C(=O)O[Si](C)(C)C(C)(C)C)cc1. The van der Waals surface area contributed by atoms with Crippen molar-refractivity contribution in [2.75, 3.05) is 0 Å². The minimum Gasteiger partial charge on any atom is -0.516 e. The van der Waals surface area contributed by atoms with E-state index in [0.717, 1.165) is 0 Å². The highest BCUT2D eigenvalue weighted by molar-refractivity contribution is 6.75. The van der Waals surface area contributed by atoms with Crippen molar-refractivity contribution in [3.05, 3.63) is 42.0 Å². The number of esters is 1. The fourth-order valence-electron chi connectivity index (χ4n) is 1.30. The zero-order valence-corrected chi connectivity index (χ0v) is 15.1. The zero-order valence-electron chi connectivity index (χ0n) is 14.1. The molecule has 0 N–H and O–H groups in total. The van der Waals surface area contributed by atoms with Crippen molar-refractivity contribution >= 4 is 20.3 Å². The van der Waals surface area contributed by atoms with Crippen LogP contribution < -0.4 is 4.74 Å². The van der Waals surface area contributed by atoms with Gasteiger partial charge in [-0.1, -0.05) is 27.4 Å². The van der Waals surface area contributed by atoms with Crippen molar-refractivity contribution in [1.82, 2.24) is 0 Å². The summed E-state index contributed by atoms with van der Waals surface area (Å²) < 4.78 is 10.8. The molecule has 0 aliphatic rings. The molecule has 0 saturated heterocycles. The summed E-state index contributed by atoms with van der Waals surface area (Å²) in [5.41, 5.74) is 0.765. The Bertz CT molecular complexity index is 580. The second kappa shape index (κ2) is 6.48. The Balaban J connectivity index is 2.81. The quantitative estimate of drug-likeness (QED) is 0.358. The van der Waals surface area contributed by atoms with Gasteiger partial charge < -0.3 is 9.16 Å². The van der Waals surface area contributed by atoms with Crippen LogP contribution in [0.4, 0.5) is 0 Å². The Hall–Kier alpha value is -1.88. The molecular weight excluding hydrogens is 296 g/mol. The molecule has 0 bridgehead atoms. The lowest BCUT2D eigenvalue weighted by Crippen LogP contribution is -2.42. The number of carbonyl (C=O) groups excluding carboxylic acids is 2. The van der Waals surface area contributed by atoms with Crippen LogP contribution in [0, 0.1) is 0 Å². The predicted molar refractivity (Wildman–Crippen MR) is 89.5 cm³/mol. The van der Waals surface area contributed by atoms with E-state index in [1.54, 1.807) is 31.2 Å². The highest BCUT2D eigenvalue weighted by atomic mass is 28.4. The van der Waals surface area contributed by atoms with Crippen LogP contribution in [-0.2, 0) is 9.22 Å². The van der Waals surface area contributed by atoms with E-state index in [9.17, 15) is 9.59 Å². The maximum Gasteiger partial charge on any atom is 0.338 e. The molecule has 0 unspecified atom stereocenters. The van der Waals surface area contributed by atoms with Crippen molar-refractivity contribution in [1.29, 1.82) is 0 Å². The summed E-state index contributed by atoms with van der Waals surface area (Å²) in [7, 11) is -2.15. The van der Waals surface area contributed by atoms with Gasteiger partial charge in [0, 0.05) is 5.57 Å². The van der Waals surface area contributed by atoms with Crippen LogP contribution >= 0.6 is 0 Å². The van der Waals surface area contributed by atoms with E-state index >= 15 is 0 Å². The second-order valence-corrected chi connectivity index (χ2v) is 11.6. The normalized spacial score (nSPS) is 11.7. The van der Waals surface area contributed by atoms with Crippen LogP contribution in [-0.4, -0.2) is 20.3 Å². The van der Waals surface area contributed by atoms with Gasteiger partial charge >= 0.3 is 11.9 Å². The van der Waals surface area contributed by atoms with E-state index < -0.39 is 14.3 Å². The van der Waals surface area contributed by atoms with E-state index in [4.69, 9.17) is 9.16 Å². The molecule has 120 valence electrons. The van der Waals surface area contributed by atoms with Gasteiger partial charge in [0.25, 0.3) is 8.32 Å². The van der Waals surface area contributed by atoms with Gasteiger partial charge in [0.05, 0.1) is 5.56 Å². The lowest BCUT2D eigenvalue weighted by atomic mass is 10.2. The fourth-order valence-corrected chi connectivity index (χ4v) is 2.18. The van der Waals surface area contributed by atoms with Gasteiger partial charge in [-0.15, -0.1) is 0 Å². The lowest BCUT2D eigenvalue weighted by molar-refractivity contribution is -0.130. The van der Waals surface area contributed by atoms with Gasteiger partial charge in [0.1, 0.15) is 5.75 Å². The second-order valence-electron chi connectivity index (χ2n) is 6.84. The molecule has 0 spiro atoms. The van der Waals surface area contributed by atoms with E-state index in [2.05, 4.69) is 27.4 Å². The number of benzene rings is 1. The maximum absolute atomic E-state index is 12.2. The van der Waals surface area contributed by atoms with Crippen molar-refractivity contribution < 1.29 is 18.8 Å². The number of hydrogen-bond donors (Lipinski definition) is 0. The minimum absolute atomic E-state index is 0.0420. The van der Waals surface area contributed by atoms with Crippen LogP contribution in [0.5, 0.6) is 5.75 Å². The summed E-state index contributed by atoms with van der Waals surface area (Å²) >= 11 is 0. The molecule has 1 aromatic carbocycles. The van der Waals surface area contributed by atoms with E-state index in [-0.39, 0.29) is 11.0 Å². The fraction of sp³-hybridized carbons (Fsp3) is 0.412. The van der Waals surface area contributed by atoms with Crippen molar-refractivity contribution in [2.24, 2.45) is 0 Å². The van der Waals surface area contributed by atoms with Crippen molar-refractivity contribution in [3.63, 3.8) is 0 Å². The Kier molecular flexibility index (Phi) is 5.35. The molecule has 5 heteroatoms. The Morgan fingerprint density at radius 1 is 1.09 bits per heavy atom. The van der Waals surface area contributed by atoms with Crippen LogP contribution in [0.3, 0.4) is 0 Å². The molecule has 22 heavy (non-hydrogen) atoms. The van der Waals surface area contributed by atoms with E-state index in [0.29, 0.717) is 16.9 Å². The minimum atomic E-state index is -2.15. The first-order chi connectivity index (χ1) is 9.94. The molecule has 1 rings (SSSR count). The molecule has 4 nitrogen and oxygen atoms in total. The summed E-state index contributed by atoms with van der Waals surface area (Å²) in [6, 6.07) is 6.33. The summed E-state index contributed by atoms with van der Waals surface area (Å²) in [5, 5.41) is -0.0420. The van der Waals surface area contributed by atoms with Crippen LogP contribution in [0.15, 0.2) is 36.4 Å². The molecule has 0 aromatic heterocycles. The summed E-state index contributed by atoms with van der Waals surface area (Å²) in [6.07, 6.45) is 0. The Labute approximate surface area is 133 Å². The average Bonchev–Trinajstić information content (AvgIpc) is 2.37. The van der Waals surface area contributed by atoms with E-state index in [1.165, 1.54) is 0 Å². The van der Waals surface area contributed by atoms with Crippen LogP contribution in [0.1, 0.15) is 38.1 Å². The maximum atomic E-state index is 12.2. The first kappa shape index (κ1) is 18.2. The first-order valence-electron chi connectivity index (χ1n) is 7.15. The number of rotatable bonds is 4. The molecule has 1 aromatic rings. The largest absolute Gasteiger partial charge is 0.516 e. The monoisotopic (exact) mass is 320 g/mol. The topological polar surface area (TPSA) is 52.6 Å². The third-order valence-electron chi connectivity index (χ3n) is 3.80. The third-order valence-corrected chi connectivity index (χ3v) is 8.11. The highest BCUT2D eigenvalue weighted by Crippen LogP contribution is 2.37. The number of carbonyl (C=O) groups is 2. The van der Waals surface area contributed by atoms with Crippen molar-refractivity contribution in [3.8, 4) is 5.75 Å². The highest BCUT2D eigenvalue weighted by Gasteiger charge is 2.40. The van der Waals surface area contributed by atoms with Gasteiger partial charge in [-0.25, -0.2) is 9.59 Å². The van der Waals surface area contributed by atoms with E-state index in [1.807, 2.05) is 13.1 Å². The molecule has 0 aliphatic heterocycles. The molecular formula is C17H24O4Si. The van der Waals surface area contributed by atoms with Gasteiger partial charge in [0.15, 0.2) is 0 Å². The molecule has 0 heterocycles. The number of ether oxygens (including phenoxy) is 1. The molecule has 0 fully saturated rings.